The van der Waals surface area contributed by atoms with E-state index in [1.165, 1.54) is 0 Å². The van der Waals surface area contributed by atoms with Gasteiger partial charge in [-0.25, -0.2) is 4.79 Å². The zero-order chi connectivity index (χ0) is 20.5. The number of nitrogens with zero attached hydrogens (tertiary/aromatic N) is 2. The number of nitrogens with one attached hydrogen (secondary N) is 1. The first-order valence-electron chi connectivity index (χ1n) is 9.82. The summed E-state index contributed by atoms with van der Waals surface area (Å²) in [4.78, 5) is 39.7. The van der Waals surface area contributed by atoms with Gasteiger partial charge in [0, 0.05) is 37.8 Å². The van der Waals surface area contributed by atoms with Crippen molar-refractivity contribution in [1.29, 1.82) is 0 Å². The smallest absolute Gasteiger partial charge is 0.410 e. The van der Waals surface area contributed by atoms with Crippen LogP contribution in [0.15, 0.2) is 24.3 Å². The Kier molecular flexibility index (Phi) is 5.63. The highest BCUT2D eigenvalue weighted by atomic mass is 16.6. The highest BCUT2D eigenvalue weighted by Gasteiger charge is 2.31. The van der Waals surface area contributed by atoms with Crippen molar-refractivity contribution in [2.24, 2.45) is 0 Å². The van der Waals surface area contributed by atoms with E-state index in [4.69, 9.17) is 4.74 Å². The highest BCUT2D eigenvalue weighted by Crippen LogP contribution is 2.28. The third kappa shape index (κ3) is 4.64. The van der Waals surface area contributed by atoms with Gasteiger partial charge in [-0.05, 0) is 51.8 Å². The number of hydrogen-bond donors (Lipinski definition) is 1. The van der Waals surface area contributed by atoms with Crippen LogP contribution in [0, 0.1) is 0 Å². The first kappa shape index (κ1) is 20.2. The average molecular weight is 387 g/mol. The number of hydrogen-bond acceptors (Lipinski definition) is 5. The molecule has 0 aromatic heterocycles. The lowest BCUT2D eigenvalue weighted by atomic mass is 9.90. The summed E-state index contributed by atoms with van der Waals surface area (Å²) >= 11 is 0. The second kappa shape index (κ2) is 7.81. The van der Waals surface area contributed by atoms with Gasteiger partial charge >= 0.3 is 6.09 Å². The topological polar surface area (TPSA) is 79.0 Å². The van der Waals surface area contributed by atoms with Crippen LogP contribution in [0.1, 0.15) is 52.0 Å². The predicted octanol–water partition coefficient (Wildman–Crippen LogP) is 2.65. The van der Waals surface area contributed by atoms with E-state index in [1.807, 2.05) is 45.0 Å². The Morgan fingerprint density at radius 3 is 2.39 bits per heavy atom. The summed E-state index contributed by atoms with van der Waals surface area (Å²) in [6.45, 7) is 9.62. The first-order valence-corrected chi connectivity index (χ1v) is 9.82. The zero-order valence-corrected chi connectivity index (χ0v) is 17.0. The van der Waals surface area contributed by atoms with Gasteiger partial charge in [-0.2, -0.15) is 0 Å². The fourth-order valence-electron chi connectivity index (χ4n) is 3.74. The molecule has 1 unspecified atom stereocenters. The molecule has 3 rings (SSSR count). The van der Waals surface area contributed by atoms with Crippen molar-refractivity contribution in [3.05, 3.63) is 29.8 Å². The molecule has 1 aromatic carbocycles. The Hall–Kier alpha value is -2.57. The highest BCUT2D eigenvalue weighted by molar-refractivity contribution is 6.00. The lowest BCUT2D eigenvalue weighted by molar-refractivity contribution is -0.134. The van der Waals surface area contributed by atoms with E-state index in [0.29, 0.717) is 25.9 Å². The summed E-state index contributed by atoms with van der Waals surface area (Å²) < 4.78 is 5.47. The summed E-state index contributed by atoms with van der Waals surface area (Å²) in [7, 11) is 0. The predicted molar refractivity (Wildman–Crippen MR) is 106 cm³/mol. The van der Waals surface area contributed by atoms with Crippen LogP contribution in [-0.2, 0) is 14.3 Å². The fraction of sp³-hybridized carbons (Fsp3) is 0.571. The van der Waals surface area contributed by atoms with Gasteiger partial charge in [-0.15, -0.1) is 0 Å². The molecule has 2 saturated heterocycles. The SMILES string of the molecule is C[C@@H]1CN(C(=O)OC(C)(C)C)CCN1c1ccc(C2CCC(=O)NC2=O)cc1. The van der Waals surface area contributed by atoms with Gasteiger partial charge in [0.05, 0.1) is 5.92 Å². The van der Waals surface area contributed by atoms with Crippen molar-refractivity contribution < 1.29 is 19.1 Å². The first-order chi connectivity index (χ1) is 13.1. The standard InChI is InChI=1S/C21H29N3O4/c1-14-13-23(20(27)28-21(2,3)4)11-12-24(14)16-7-5-15(6-8-16)17-9-10-18(25)22-19(17)26/h5-8,14,17H,9-13H2,1-4H3,(H,22,25,26)/t14-,17?/m1/s1. The Balaban J connectivity index is 1.63. The maximum Gasteiger partial charge on any atom is 0.410 e. The number of piperidine rings is 1. The number of ether oxygens (including phenoxy) is 1. The van der Waals surface area contributed by atoms with Gasteiger partial charge in [-0.3, -0.25) is 14.9 Å². The van der Waals surface area contributed by atoms with Gasteiger partial charge in [0.1, 0.15) is 5.60 Å². The number of piperazine rings is 1. The van der Waals surface area contributed by atoms with Gasteiger partial charge in [0.15, 0.2) is 0 Å². The molecule has 1 N–H and O–H groups in total. The van der Waals surface area contributed by atoms with Gasteiger partial charge < -0.3 is 14.5 Å². The van der Waals surface area contributed by atoms with E-state index >= 15 is 0 Å². The molecule has 2 aliphatic rings. The molecule has 7 heteroatoms. The molecule has 0 saturated carbocycles. The van der Waals surface area contributed by atoms with Crippen molar-refractivity contribution in [3.8, 4) is 0 Å². The number of imide groups is 1. The molecule has 2 heterocycles. The summed E-state index contributed by atoms with van der Waals surface area (Å²) in [6, 6.07) is 8.10. The third-order valence-electron chi connectivity index (χ3n) is 5.15. The van der Waals surface area contributed by atoms with Crippen LogP contribution in [0.3, 0.4) is 0 Å². The van der Waals surface area contributed by atoms with E-state index < -0.39 is 5.60 Å². The number of carbonyl (C=O) groups excluding carboxylic acids is 3. The summed E-state index contributed by atoms with van der Waals surface area (Å²) in [5.41, 5.74) is 1.49. The molecule has 1 aromatic rings. The molecule has 0 aliphatic carbocycles. The second-order valence-electron chi connectivity index (χ2n) is 8.56. The van der Waals surface area contributed by atoms with Gasteiger partial charge in [-0.1, -0.05) is 12.1 Å². The Morgan fingerprint density at radius 2 is 1.82 bits per heavy atom. The van der Waals surface area contributed by atoms with Crippen molar-refractivity contribution >= 4 is 23.6 Å². The lowest BCUT2D eigenvalue weighted by Gasteiger charge is -2.41. The number of anilines is 1. The molecule has 0 spiro atoms. The fourth-order valence-corrected chi connectivity index (χ4v) is 3.74. The summed E-state index contributed by atoms with van der Waals surface area (Å²) in [6.07, 6.45) is 0.656. The average Bonchev–Trinajstić information content (AvgIpc) is 2.60. The number of amides is 3. The minimum absolute atomic E-state index is 0.155. The molecular formula is C21H29N3O4. The minimum atomic E-state index is -0.497. The second-order valence-corrected chi connectivity index (χ2v) is 8.56. The van der Waals surface area contributed by atoms with Crippen LogP contribution < -0.4 is 10.2 Å². The summed E-state index contributed by atoms with van der Waals surface area (Å²) in [5, 5.41) is 2.41. The van der Waals surface area contributed by atoms with Crippen molar-refractivity contribution in [2.45, 2.75) is 58.1 Å². The number of benzene rings is 1. The lowest BCUT2D eigenvalue weighted by Crippen LogP contribution is -2.54. The van der Waals surface area contributed by atoms with E-state index in [2.05, 4.69) is 17.1 Å². The van der Waals surface area contributed by atoms with E-state index in [-0.39, 0.29) is 29.9 Å². The van der Waals surface area contributed by atoms with Crippen molar-refractivity contribution in [1.82, 2.24) is 10.2 Å². The Bertz CT molecular complexity index is 754. The molecule has 2 atom stereocenters. The number of rotatable bonds is 2. The molecular weight excluding hydrogens is 358 g/mol. The van der Waals surface area contributed by atoms with E-state index in [0.717, 1.165) is 17.8 Å². The molecule has 28 heavy (non-hydrogen) atoms. The Labute approximate surface area is 166 Å². The van der Waals surface area contributed by atoms with Crippen LogP contribution in [0.5, 0.6) is 0 Å². The molecule has 2 fully saturated rings. The van der Waals surface area contributed by atoms with Gasteiger partial charge in [0.2, 0.25) is 11.8 Å². The van der Waals surface area contributed by atoms with E-state index in [9.17, 15) is 14.4 Å². The van der Waals surface area contributed by atoms with Crippen LogP contribution in [-0.4, -0.2) is 54.1 Å². The van der Waals surface area contributed by atoms with Crippen molar-refractivity contribution in [2.75, 3.05) is 24.5 Å². The normalized spacial score (nSPS) is 23.4. The summed E-state index contributed by atoms with van der Waals surface area (Å²) in [5.74, 6) is -0.689. The molecule has 0 bridgehead atoms. The third-order valence-corrected chi connectivity index (χ3v) is 5.15. The minimum Gasteiger partial charge on any atom is -0.444 e. The number of carbonyl (C=O) groups is 3. The van der Waals surface area contributed by atoms with Crippen LogP contribution >= 0.6 is 0 Å². The molecule has 152 valence electrons. The van der Waals surface area contributed by atoms with Crippen LogP contribution in [0.4, 0.5) is 10.5 Å². The molecule has 0 radical (unpaired) electrons. The molecule has 2 aliphatic heterocycles. The monoisotopic (exact) mass is 387 g/mol. The maximum atomic E-state index is 12.3. The quantitative estimate of drug-likeness (QED) is 0.790. The van der Waals surface area contributed by atoms with E-state index in [1.54, 1.807) is 4.90 Å². The zero-order valence-electron chi connectivity index (χ0n) is 17.0. The maximum absolute atomic E-state index is 12.3. The van der Waals surface area contributed by atoms with Crippen molar-refractivity contribution in [3.63, 3.8) is 0 Å². The molecule has 3 amide bonds. The Morgan fingerprint density at radius 1 is 1.14 bits per heavy atom. The van der Waals surface area contributed by atoms with Crippen LogP contribution in [0.25, 0.3) is 0 Å². The van der Waals surface area contributed by atoms with Crippen LogP contribution in [0.2, 0.25) is 0 Å². The largest absolute Gasteiger partial charge is 0.444 e. The van der Waals surface area contributed by atoms with Gasteiger partial charge in [0.25, 0.3) is 0 Å². The molecule has 7 nitrogen and oxygen atoms in total.